The van der Waals surface area contributed by atoms with Gasteiger partial charge >= 0.3 is 0 Å². The maximum Gasteiger partial charge on any atom is 0.0471 e. The number of hydrogen-bond acceptors (Lipinski definition) is 2. The minimum atomic E-state index is 0.158. The molecule has 5 aromatic rings. The molecule has 0 atom stereocenters. The normalized spacial score (nSPS) is 12.1. The molecule has 2 N–H and O–H groups in total. The minimum Gasteiger partial charge on any atom is -0.396 e. The average molecular weight is 340 g/mol. The Balaban J connectivity index is 2.04. The Kier molecular flexibility index (Phi) is 3.56. The van der Waals surface area contributed by atoms with Crippen LogP contribution < -0.4 is 0 Å². The molecule has 0 spiro atoms. The Morgan fingerprint density at radius 2 is 1.27 bits per heavy atom. The minimum absolute atomic E-state index is 0.158. The van der Waals surface area contributed by atoms with Gasteiger partial charge in [0.2, 0.25) is 0 Å². The van der Waals surface area contributed by atoms with Crippen LogP contribution in [0.2, 0.25) is 0 Å². The predicted octanol–water partition coefficient (Wildman–Crippen LogP) is 4.81. The second-order valence-electron chi connectivity index (χ2n) is 6.99. The highest BCUT2D eigenvalue weighted by atomic mass is 16.3. The largest absolute Gasteiger partial charge is 0.396 e. The SMILES string of the molecule is OCCc1cc2cccc3c4ccc(CCO)c5cccc(c(c1)c23)c54. The van der Waals surface area contributed by atoms with Crippen LogP contribution in [0.5, 0.6) is 0 Å². The lowest BCUT2D eigenvalue weighted by Gasteiger charge is -2.17. The Morgan fingerprint density at radius 1 is 0.577 bits per heavy atom. The van der Waals surface area contributed by atoms with Crippen molar-refractivity contribution in [2.24, 2.45) is 0 Å². The van der Waals surface area contributed by atoms with E-state index >= 15 is 0 Å². The van der Waals surface area contributed by atoms with Crippen molar-refractivity contribution in [2.75, 3.05) is 13.2 Å². The highest BCUT2D eigenvalue weighted by Gasteiger charge is 2.15. The number of fused-ring (bicyclic) bond motifs is 2. The highest BCUT2D eigenvalue weighted by Crippen LogP contribution is 2.41. The molecule has 0 saturated heterocycles. The van der Waals surface area contributed by atoms with Crippen LogP contribution >= 0.6 is 0 Å². The van der Waals surface area contributed by atoms with E-state index < -0.39 is 0 Å². The van der Waals surface area contributed by atoms with Crippen LogP contribution in [0.1, 0.15) is 11.1 Å². The summed E-state index contributed by atoms with van der Waals surface area (Å²) in [5.41, 5.74) is 2.36. The fourth-order valence-electron chi connectivity index (χ4n) is 4.45. The molecule has 128 valence electrons. The lowest BCUT2D eigenvalue weighted by Crippen LogP contribution is -1.95. The summed E-state index contributed by atoms with van der Waals surface area (Å²) < 4.78 is 0. The van der Waals surface area contributed by atoms with Crippen LogP contribution in [-0.4, -0.2) is 23.4 Å². The van der Waals surface area contributed by atoms with Crippen molar-refractivity contribution < 1.29 is 10.2 Å². The first-order valence-electron chi connectivity index (χ1n) is 9.14. The number of aliphatic hydroxyl groups is 2. The molecule has 26 heavy (non-hydrogen) atoms. The Morgan fingerprint density at radius 3 is 2.08 bits per heavy atom. The molecule has 2 nitrogen and oxygen atoms in total. The second-order valence-corrected chi connectivity index (χ2v) is 6.99. The summed E-state index contributed by atoms with van der Waals surface area (Å²) in [5, 5.41) is 28.9. The molecular weight excluding hydrogens is 320 g/mol. The van der Waals surface area contributed by atoms with Crippen molar-refractivity contribution >= 4 is 43.1 Å². The van der Waals surface area contributed by atoms with Gasteiger partial charge in [-0.1, -0.05) is 60.7 Å². The van der Waals surface area contributed by atoms with Crippen LogP contribution in [0.4, 0.5) is 0 Å². The van der Waals surface area contributed by atoms with Gasteiger partial charge in [0.05, 0.1) is 0 Å². The maximum atomic E-state index is 9.44. The summed E-state index contributed by atoms with van der Waals surface area (Å²) in [6.45, 7) is 0.317. The van der Waals surface area contributed by atoms with Gasteiger partial charge < -0.3 is 10.2 Å². The van der Waals surface area contributed by atoms with Gasteiger partial charge in [-0.05, 0) is 67.1 Å². The Bertz CT molecular complexity index is 1250. The van der Waals surface area contributed by atoms with Crippen molar-refractivity contribution in [3.8, 4) is 0 Å². The molecule has 0 radical (unpaired) electrons. The highest BCUT2D eigenvalue weighted by molar-refractivity contribution is 6.33. The van der Waals surface area contributed by atoms with E-state index in [0.717, 1.165) is 0 Å². The van der Waals surface area contributed by atoms with E-state index in [-0.39, 0.29) is 13.2 Å². The van der Waals surface area contributed by atoms with Gasteiger partial charge in [0.25, 0.3) is 0 Å². The fraction of sp³-hybridized carbons (Fsp3) is 0.167. The molecular formula is C24H20O2. The first kappa shape index (κ1) is 15.6. The number of benzene rings is 5. The van der Waals surface area contributed by atoms with E-state index in [0.29, 0.717) is 12.8 Å². The quantitative estimate of drug-likeness (QED) is 0.364. The summed E-state index contributed by atoms with van der Waals surface area (Å²) in [5.74, 6) is 0. The third-order valence-corrected chi connectivity index (χ3v) is 5.53. The fourth-order valence-corrected chi connectivity index (χ4v) is 4.45. The van der Waals surface area contributed by atoms with Crippen LogP contribution in [0.25, 0.3) is 43.1 Å². The molecule has 5 aromatic carbocycles. The zero-order chi connectivity index (χ0) is 17.7. The van der Waals surface area contributed by atoms with Gasteiger partial charge in [0.15, 0.2) is 0 Å². The molecule has 0 amide bonds. The molecule has 0 aromatic heterocycles. The van der Waals surface area contributed by atoms with Gasteiger partial charge in [-0.3, -0.25) is 0 Å². The zero-order valence-electron chi connectivity index (χ0n) is 14.5. The molecule has 0 unspecified atom stereocenters. The molecule has 0 fully saturated rings. The molecule has 0 heterocycles. The lowest BCUT2D eigenvalue weighted by molar-refractivity contribution is 0.299. The third kappa shape index (κ3) is 2.13. The number of rotatable bonds is 4. The Labute approximate surface area is 151 Å². The molecule has 0 aliphatic heterocycles. The van der Waals surface area contributed by atoms with Crippen molar-refractivity contribution in [1.29, 1.82) is 0 Å². The average Bonchev–Trinajstić information content (AvgIpc) is 2.67. The summed E-state index contributed by atoms with van der Waals surface area (Å²) >= 11 is 0. The number of hydrogen-bond donors (Lipinski definition) is 2. The Hall–Kier alpha value is -2.68. The van der Waals surface area contributed by atoms with Gasteiger partial charge in [-0.25, -0.2) is 0 Å². The van der Waals surface area contributed by atoms with Gasteiger partial charge in [0, 0.05) is 13.2 Å². The van der Waals surface area contributed by atoms with E-state index in [1.54, 1.807) is 0 Å². The van der Waals surface area contributed by atoms with Crippen molar-refractivity contribution in [2.45, 2.75) is 12.8 Å². The standard InChI is InChI=1S/C24H20O2/c25-11-9-15-13-17-3-1-5-19-21-8-7-16(10-12-26)18-4-2-6-20(24(18)21)22(14-15)23(17)19/h1-8,13-14,25-26H,9-12H2. The molecule has 0 bridgehead atoms. The number of aliphatic hydroxyl groups excluding tert-OH is 2. The lowest BCUT2D eigenvalue weighted by atomic mass is 9.87. The van der Waals surface area contributed by atoms with Crippen LogP contribution in [0, 0.1) is 0 Å². The maximum absolute atomic E-state index is 9.44. The monoisotopic (exact) mass is 340 g/mol. The first-order valence-corrected chi connectivity index (χ1v) is 9.14. The van der Waals surface area contributed by atoms with Crippen molar-refractivity contribution in [1.82, 2.24) is 0 Å². The summed E-state index contributed by atoms with van der Waals surface area (Å²) in [4.78, 5) is 0. The van der Waals surface area contributed by atoms with E-state index in [1.165, 1.54) is 54.2 Å². The van der Waals surface area contributed by atoms with Crippen LogP contribution in [-0.2, 0) is 12.8 Å². The molecule has 2 heteroatoms. The molecule has 0 aliphatic carbocycles. The van der Waals surface area contributed by atoms with Crippen LogP contribution in [0.3, 0.4) is 0 Å². The van der Waals surface area contributed by atoms with Gasteiger partial charge in [-0.15, -0.1) is 0 Å². The van der Waals surface area contributed by atoms with Crippen LogP contribution in [0.15, 0.2) is 60.7 Å². The van der Waals surface area contributed by atoms with Gasteiger partial charge in [0.1, 0.15) is 0 Å². The third-order valence-electron chi connectivity index (χ3n) is 5.53. The topological polar surface area (TPSA) is 40.5 Å². The summed E-state index contributed by atoms with van der Waals surface area (Å²) in [6, 6.07) is 21.7. The molecule has 0 aliphatic rings. The van der Waals surface area contributed by atoms with E-state index in [2.05, 4.69) is 60.7 Å². The second kappa shape index (κ2) is 5.94. The summed E-state index contributed by atoms with van der Waals surface area (Å²) in [7, 11) is 0. The smallest absolute Gasteiger partial charge is 0.0471 e. The summed E-state index contributed by atoms with van der Waals surface area (Å²) in [6.07, 6.45) is 1.34. The molecule has 0 saturated carbocycles. The van der Waals surface area contributed by atoms with E-state index in [9.17, 15) is 10.2 Å². The van der Waals surface area contributed by atoms with Crippen molar-refractivity contribution in [3.05, 3.63) is 71.8 Å². The first-order chi connectivity index (χ1) is 12.8. The van der Waals surface area contributed by atoms with E-state index in [4.69, 9.17) is 0 Å². The van der Waals surface area contributed by atoms with Gasteiger partial charge in [-0.2, -0.15) is 0 Å². The molecule has 5 rings (SSSR count). The van der Waals surface area contributed by atoms with E-state index in [1.807, 2.05) is 0 Å². The van der Waals surface area contributed by atoms with Crippen molar-refractivity contribution in [3.63, 3.8) is 0 Å². The zero-order valence-corrected chi connectivity index (χ0v) is 14.5. The predicted molar refractivity (Wildman–Crippen MR) is 109 cm³/mol.